The van der Waals surface area contributed by atoms with Crippen LogP contribution in [0.15, 0.2) is 36.4 Å². The molecule has 1 atom stereocenters. The Morgan fingerprint density at radius 2 is 1.74 bits per heavy atom. The summed E-state index contributed by atoms with van der Waals surface area (Å²) >= 11 is 6.44. The van der Waals surface area contributed by atoms with Gasteiger partial charge in [-0.2, -0.15) is 0 Å². The summed E-state index contributed by atoms with van der Waals surface area (Å²) in [5.41, 5.74) is 5.42. The normalized spacial score (nSPS) is 12.5. The minimum Gasteiger partial charge on any atom is -0.207 e. The molecule has 0 spiro atoms. The Labute approximate surface area is 119 Å². The summed E-state index contributed by atoms with van der Waals surface area (Å²) in [5, 5.41) is -0.199. The first-order valence-electron chi connectivity index (χ1n) is 6.43. The fraction of sp³-hybridized carbons (Fsp3) is 0.294. The maximum atomic E-state index is 13.4. The number of rotatable bonds is 3. The van der Waals surface area contributed by atoms with Crippen molar-refractivity contribution in [2.75, 3.05) is 0 Å². The Bertz CT molecular complexity index is 570. The Hall–Kier alpha value is -1.34. The summed E-state index contributed by atoms with van der Waals surface area (Å²) in [5.74, 6) is -0.221. The molecule has 0 fully saturated rings. The topological polar surface area (TPSA) is 0 Å². The highest BCUT2D eigenvalue weighted by Gasteiger charge is 2.12. The van der Waals surface area contributed by atoms with Crippen molar-refractivity contribution < 1.29 is 4.39 Å². The van der Waals surface area contributed by atoms with E-state index in [1.54, 1.807) is 0 Å². The summed E-state index contributed by atoms with van der Waals surface area (Å²) < 4.78 is 13.4. The molecule has 100 valence electrons. The van der Waals surface area contributed by atoms with Gasteiger partial charge in [0.15, 0.2) is 0 Å². The zero-order chi connectivity index (χ0) is 14.0. The van der Waals surface area contributed by atoms with Crippen molar-refractivity contribution in [2.45, 2.75) is 32.6 Å². The van der Waals surface area contributed by atoms with E-state index in [4.69, 9.17) is 11.6 Å². The molecule has 0 N–H and O–H groups in total. The van der Waals surface area contributed by atoms with E-state index in [9.17, 15) is 4.39 Å². The molecule has 0 saturated carbocycles. The van der Waals surface area contributed by atoms with Crippen LogP contribution in [0.5, 0.6) is 0 Å². The smallest absolute Gasteiger partial charge is 0.123 e. The SMILES string of the molecule is Cc1cc(F)cc(C(Cl)Cc2cc(C)ccc2C)c1. The molecule has 0 saturated heterocycles. The molecule has 2 rings (SSSR count). The molecule has 2 aromatic carbocycles. The van der Waals surface area contributed by atoms with E-state index in [1.165, 1.54) is 28.8 Å². The van der Waals surface area contributed by atoms with Gasteiger partial charge in [-0.25, -0.2) is 4.39 Å². The lowest BCUT2D eigenvalue weighted by Gasteiger charge is -2.13. The summed E-state index contributed by atoms with van der Waals surface area (Å²) in [7, 11) is 0. The largest absolute Gasteiger partial charge is 0.207 e. The van der Waals surface area contributed by atoms with Crippen LogP contribution in [-0.4, -0.2) is 0 Å². The van der Waals surface area contributed by atoms with Crippen LogP contribution in [0.4, 0.5) is 4.39 Å². The number of alkyl halides is 1. The van der Waals surface area contributed by atoms with Crippen molar-refractivity contribution in [3.8, 4) is 0 Å². The first kappa shape index (κ1) is 14.1. The summed E-state index contributed by atoms with van der Waals surface area (Å²) in [6, 6.07) is 11.3. The van der Waals surface area contributed by atoms with Gasteiger partial charge in [0.25, 0.3) is 0 Å². The lowest BCUT2D eigenvalue weighted by Crippen LogP contribution is -2.00. The molecule has 2 heteroatoms. The second-order valence-electron chi connectivity index (χ2n) is 5.16. The van der Waals surface area contributed by atoms with E-state index in [0.717, 1.165) is 17.5 Å². The van der Waals surface area contributed by atoms with Gasteiger partial charge < -0.3 is 0 Å². The van der Waals surface area contributed by atoms with Crippen LogP contribution in [0.3, 0.4) is 0 Å². The average molecular weight is 277 g/mol. The third-order valence-corrected chi connectivity index (χ3v) is 3.74. The molecule has 0 aliphatic heterocycles. The van der Waals surface area contributed by atoms with E-state index in [0.29, 0.717) is 0 Å². The van der Waals surface area contributed by atoms with Gasteiger partial charge in [-0.3, -0.25) is 0 Å². The van der Waals surface area contributed by atoms with Crippen LogP contribution in [0.1, 0.15) is 33.2 Å². The van der Waals surface area contributed by atoms with Gasteiger partial charge in [-0.05, 0) is 61.6 Å². The van der Waals surface area contributed by atoms with Crippen molar-refractivity contribution in [1.82, 2.24) is 0 Å². The molecule has 0 amide bonds. The molecule has 0 aliphatic rings. The quantitative estimate of drug-likeness (QED) is 0.670. The van der Waals surface area contributed by atoms with Crippen LogP contribution >= 0.6 is 11.6 Å². The Kier molecular flexibility index (Phi) is 4.26. The molecular weight excluding hydrogens is 259 g/mol. The molecule has 0 aromatic heterocycles. The number of hydrogen-bond acceptors (Lipinski definition) is 0. The predicted molar refractivity (Wildman–Crippen MR) is 79.4 cm³/mol. The monoisotopic (exact) mass is 276 g/mol. The van der Waals surface area contributed by atoms with Gasteiger partial charge in [0.05, 0.1) is 5.38 Å². The molecule has 0 bridgehead atoms. The lowest BCUT2D eigenvalue weighted by molar-refractivity contribution is 0.623. The predicted octanol–water partition coefficient (Wildman–Crippen LogP) is 5.27. The van der Waals surface area contributed by atoms with Gasteiger partial charge in [-0.15, -0.1) is 11.6 Å². The third-order valence-electron chi connectivity index (χ3n) is 3.33. The highest BCUT2D eigenvalue weighted by molar-refractivity contribution is 6.20. The lowest BCUT2D eigenvalue weighted by atomic mass is 9.97. The zero-order valence-corrected chi connectivity index (χ0v) is 12.3. The van der Waals surface area contributed by atoms with Gasteiger partial charge in [0.2, 0.25) is 0 Å². The van der Waals surface area contributed by atoms with Crippen LogP contribution in [0, 0.1) is 26.6 Å². The standard InChI is InChI=1S/C17H18ClF/c1-11-4-5-13(3)14(6-11)10-17(18)15-7-12(2)8-16(19)9-15/h4-9,17H,10H2,1-3H3. The molecule has 0 heterocycles. The summed E-state index contributed by atoms with van der Waals surface area (Å²) in [6.45, 7) is 6.03. The van der Waals surface area contributed by atoms with Crippen molar-refractivity contribution in [3.63, 3.8) is 0 Å². The molecule has 0 nitrogen and oxygen atoms in total. The second-order valence-corrected chi connectivity index (χ2v) is 5.69. The van der Waals surface area contributed by atoms with Crippen LogP contribution in [-0.2, 0) is 6.42 Å². The van der Waals surface area contributed by atoms with Crippen LogP contribution in [0.25, 0.3) is 0 Å². The van der Waals surface area contributed by atoms with E-state index in [-0.39, 0.29) is 11.2 Å². The minimum atomic E-state index is -0.221. The molecule has 19 heavy (non-hydrogen) atoms. The van der Waals surface area contributed by atoms with E-state index in [1.807, 2.05) is 13.0 Å². The summed E-state index contributed by atoms with van der Waals surface area (Å²) in [6.07, 6.45) is 0.720. The Morgan fingerprint density at radius 1 is 1.00 bits per heavy atom. The first-order chi connectivity index (χ1) is 8.95. The van der Waals surface area contributed by atoms with Crippen molar-refractivity contribution in [1.29, 1.82) is 0 Å². The molecule has 0 aliphatic carbocycles. The van der Waals surface area contributed by atoms with Crippen LogP contribution < -0.4 is 0 Å². The first-order valence-corrected chi connectivity index (χ1v) is 6.86. The highest BCUT2D eigenvalue weighted by Crippen LogP contribution is 2.28. The van der Waals surface area contributed by atoms with Gasteiger partial charge in [0, 0.05) is 0 Å². The molecule has 2 aromatic rings. The van der Waals surface area contributed by atoms with Crippen molar-refractivity contribution in [2.24, 2.45) is 0 Å². The number of aryl methyl sites for hydroxylation is 3. The van der Waals surface area contributed by atoms with Gasteiger partial charge in [0.1, 0.15) is 5.82 Å². The Morgan fingerprint density at radius 3 is 2.42 bits per heavy atom. The number of benzene rings is 2. The van der Waals surface area contributed by atoms with E-state index < -0.39 is 0 Å². The molecule has 1 unspecified atom stereocenters. The van der Waals surface area contributed by atoms with Crippen molar-refractivity contribution in [3.05, 3.63) is 70.0 Å². The Balaban J connectivity index is 2.25. The van der Waals surface area contributed by atoms with Gasteiger partial charge in [-0.1, -0.05) is 29.8 Å². The van der Waals surface area contributed by atoms with Crippen LogP contribution in [0.2, 0.25) is 0 Å². The average Bonchev–Trinajstić information content (AvgIpc) is 2.32. The fourth-order valence-corrected chi connectivity index (χ4v) is 2.57. The molecule has 0 radical (unpaired) electrons. The number of halogens is 2. The maximum absolute atomic E-state index is 13.4. The summed E-state index contributed by atoms with van der Waals surface area (Å²) in [4.78, 5) is 0. The maximum Gasteiger partial charge on any atom is 0.123 e. The second kappa shape index (κ2) is 5.75. The third kappa shape index (κ3) is 3.57. The highest BCUT2D eigenvalue weighted by atomic mass is 35.5. The number of hydrogen-bond donors (Lipinski definition) is 0. The fourth-order valence-electron chi connectivity index (χ4n) is 2.28. The van der Waals surface area contributed by atoms with Crippen molar-refractivity contribution >= 4 is 11.6 Å². The van der Waals surface area contributed by atoms with E-state index in [2.05, 4.69) is 32.0 Å². The zero-order valence-electron chi connectivity index (χ0n) is 11.5. The van der Waals surface area contributed by atoms with Gasteiger partial charge >= 0.3 is 0 Å². The minimum absolute atomic E-state index is 0.199. The van der Waals surface area contributed by atoms with E-state index >= 15 is 0 Å². The molecular formula is C17H18ClF.